The van der Waals surface area contributed by atoms with E-state index in [0.29, 0.717) is 12.4 Å². The monoisotopic (exact) mass is 257 g/mol. The van der Waals surface area contributed by atoms with E-state index in [4.69, 9.17) is 0 Å². The molecule has 0 atom stereocenters. The fraction of sp³-hybridized carbons (Fsp3) is 0.357. The molecule has 1 amide bonds. The average Bonchev–Trinajstić information content (AvgIpc) is 2.37. The fourth-order valence-corrected chi connectivity index (χ4v) is 2.39. The predicted octanol–water partition coefficient (Wildman–Crippen LogP) is 1.13. The summed E-state index contributed by atoms with van der Waals surface area (Å²) in [7, 11) is 3.73. The Kier molecular flexibility index (Phi) is 2.45. The number of hydrogen-bond donors (Lipinski definition) is 1. The Morgan fingerprint density at radius 2 is 2.00 bits per heavy atom. The predicted molar refractivity (Wildman–Crippen MR) is 73.0 cm³/mol. The van der Waals surface area contributed by atoms with Crippen LogP contribution < -0.4 is 9.88 Å². The summed E-state index contributed by atoms with van der Waals surface area (Å²) < 4.78 is 2.01. The third-order valence-corrected chi connectivity index (χ3v) is 3.78. The van der Waals surface area contributed by atoms with E-state index in [2.05, 4.69) is 30.2 Å². The van der Waals surface area contributed by atoms with Crippen molar-refractivity contribution in [3.8, 4) is 0 Å². The molecule has 0 radical (unpaired) electrons. The molecule has 1 aromatic heterocycles. The minimum absolute atomic E-state index is 0.0375. The van der Waals surface area contributed by atoms with Crippen molar-refractivity contribution < 1.29 is 9.36 Å². The Morgan fingerprint density at radius 3 is 2.74 bits per heavy atom. The van der Waals surface area contributed by atoms with E-state index in [9.17, 15) is 4.79 Å². The molecule has 1 N–H and O–H groups in total. The van der Waals surface area contributed by atoms with Crippen LogP contribution in [0.3, 0.4) is 0 Å². The van der Waals surface area contributed by atoms with Gasteiger partial charge in [-0.15, -0.1) is 0 Å². The van der Waals surface area contributed by atoms with Crippen LogP contribution in [-0.4, -0.2) is 29.5 Å². The minimum atomic E-state index is -0.0375. The van der Waals surface area contributed by atoms with Gasteiger partial charge in [0.05, 0.1) is 7.05 Å². The number of carbonyl (C=O) groups excluding carboxylic acids is 1. The molecule has 98 valence electrons. The third kappa shape index (κ3) is 1.65. The lowest BCUT2D eigenvalue weighted by atomic mass is 10.1. The molecule has 0 fully saturated rings. The second kappa shape index (κ2) is 3.91. The lowest BCUT2D eigenvalue weighted by molar-refractivity contribution is -0.631. The maximum absolute atomic E-state index is 12.2. The van der Waals surface area contributed by atoms with E-state index in [1.807, 2.05) is 17.7 Å². The first-order valence-electron chi connectivity index (χ1n) is 6.29. The summed E-state index contributed by atoms with van der Waals surface area (Å²) in [5.74, 6) is 0.753. The van der Waals surface area contributed by atoms with Crippen molar-refractivity contribution in [2.24, 2.45) is 7.05 Å². The van der Waals surface area contributed by atoms with Gasteiger partial charge in [0.2, 0.25) is 5.69 Å². The van der Waals surface area contributed by atoms with Crippen molar-refractivity contribution in [2.75, 3.05) is 19.0 Å². The molecule has 1 aromatic carbocycles. The molecule has 0 aliphatic carbocycles. The number of anilines is 1. The van der Waals surface area contributed by atoms with Crippen molar-refractivity contribution in [3.63, 3.8) is 0 Å². The van der Waals surface area contributed by atoms with Crippen LogP contribution in [0.1, 0.15) is 21.6 Å². The minimum Gasteiger partial charge on any atom is -0.304 e. The standard InChI is InChI=1S/C14H16N4O/c1-8-5-10-11(6-9(8)2)18(4)13-12(16-10)14(19)17(3)7-15-13/h5-6H,7H2,1-4H3/p+1. The first-order valence-corrected chi connectivity index (χ1v) is 6.29. The van der Waals surface area contributed by atoms with Gasteiger partial charge in [-0.2, -0.15) is 0 Å². The van der Waals surface area contributed by atoms with Crippen LogP contribution >= 0.6 is 0 Å². The number of rotatable bonds is 0. The molecule has 1 aliphatic rings. The molecule has 1 aliphatic heterocycles. The highest BCUT2D eigenvalue weighted by molar-refractivity contribution is 5.99. The van der Waals surface area contributed by atoms with E-state index >= 15 is 0 Å². The molecule has 0 saturated carbocycles. The Bertz CT molecular complexity index is 708. The van der Waals surface area contributed by atoms with E-state index in [1.165, 1.54) is 11.1 Å². The topological polar surface area (TPSA) is 49.1 Å². The van der Waals surface area contributed by atoms with Gasteiger partial charge >= 0.3 is 5.82 Å². The highest BCUT2D eigenvalue weighted by Crippen LogP contribution is 2.21. The fourth-order valence-electron chi connectivity index (χ4n) is 2.39. The molecular weight excluding hydrogens is 240 g/mol. The van der Waals surface area contributed by atoms with E-state index in [1.54, 1.807) is 11.9 Å². The van der Waals surface area contributed by atoms with Gasteiger partial charge in [-0.25, -0.2) is 9.55 Å². The van der Waals surface area contributed by atoms with E-state index < -0.39 is 0 Å². The lowest BCUT2D eigenvalue weighted by Crippen LogP contribution is -2.45. The first kappa shape index (κ1) is 11.9. The molecule has 2 heterocycles. The van der Waals surface area contributed by atoms with E-state index in [0.717, 1.165) is 16.9 Å². The second-order valence-electron chi connectivity index (χ2n) is 5.13. The quantitative estimate of drug-likeness (QED) is 0.720. The summed E-state index contributed by atoms with van der Waals surface area (Å²) in [5.41, 5.74) is 4.79. The van der Waals surface area contributed by atoms with Crippen LogP contribution in [0.15, 0.2) is 12.1 Å². The molecule has 5 heteroatoms. The lowest BCUT2D eigenvalue weighted by Gasteiger charge is -2.22. The van der Waals surface area contributed by atoms with Crippen LogP contribution in [0.4, 0.5) is 5.82 Å². The number of benzene rings is 1. The van der Waals surface area contributed by atoms with Gasteiger partial charge in [0.15, 0.2) is 12.2 Å². The first-order chi connectivity index (χ1) is 8.99. The number of carbonyl (C=O) groups is 1. The van der Waals surface area contributed by atoms with Crippen molar-refractivity contribution in [1.82, 2.24) is 9.88 Å². The summed E-state index contributed by atoms with van der Waals surface area (Å²) >= 11 is 0. The van der Waals surface area contributed by atoms with Gasteiger partial charge in [-0.1, -0.05) is 0 Å². The summed E-state index contributed by atoms with van der Waals surface area (Å²) in [4.78, 5) is 18.3. The van der Waals surface area contributed by atoms with Crippen molar-refractivity contribution in [3.05, 3.63) is 29.0 Å². The number of nitrogens with one attached hydrogen (secondary N) is 1. The largest absolute Gasteiger partial charge is 0.308 e. The second-order valence-corrected chi connectivity index (χ2v) is 5.13. The summed E-state index contributed by atoms with van der Waals surface area (Å²) in [6.07, 6.45) is 0. The SMILES string of the molecule is Cc1cc2nc3c([n+](C)c2cc1C)NCN(C)C3=O. The third-order valence-electron chi connectivity index (χ3n) is 3.78. The van der Waals surface area contributed by atoms with Gasteiger partial charge in [0, 0.05) is 7.05 Å². The maximum Gasteiger partial charge on any atom is 0.308 e. The van der Waals surface area contributed by atoms with Gasteiger partial charge in [0.25, 0.3) is 5.91 Å². The normalized spacial score (nSPS) is 14.5. The van der Waals surface area contributed by atoms with Crippen LogP contribution in [0.5, 0.6) is 0 Å². The maximum atomic E-state index is 12.2. The molecule has 2 aromatic rings. The van der Waals surface area contributed by atoms with Gasteiger partial charge in [0.1, 0.15) is 5.52 Å². The van der Waals surface area contributed by atoms with Gasteiger partial charge in [-0.05, 0) is 37.1 Å². The molecule has 0 saturated heterocycles. The Balaban J connectivity index is 2.36. The smallest absolute Gasteiger partial charge is 0.304 e. The highest BCUT2D eigenvalue weighted by atomic mass is 16.2. The number of amides is 1. The zero-order chi connectivity index (χ0) is 13.7. The van der Waals surface area contributed by atoms with Crippen molar-refractivity contribution >= 4 is 22.8 Å². The average molecular weight is 257 g/mol. The number of fused-ring (bicyclic) bond motifs is 2. The number of aryl methyl sites for hydroxylation is 3. The number of hydrogen-bond acceptors (Lipinski definition) is 3. The van der Waals surface area contributed by atoms with Gasteiger partial charge < -0.3 is 4.90 Å². The van der Waals surface area contributed by atoms with Crippen LogP contribution in [0, 0.1) is 13.8 Å². The number of nitrogens with zero attached hydrogens (tertiary/aromatic N) is 3. The molecule has 5 nitrogen and oxygen atoms in total. The summed E-state index contributed by atoms with van der Waals surface area (Å²) in [6.45, 7) is 4.65. The molecule has 0 bridgehead atoms. The van der Waals surface area contributed by atoms with E-state index in [-0.39, 0.29) is 5.91 Å². The van der Waals surface area contributed by atoms with Crippen LogP contribution in [0.2, 0.25) is 0 Å². The van der Waals surface area contributed by atoms with Gasteiger partial charge in [-0.3, -0.25) is 10.1 Å². The Morgan fingerprint density at radius 1 is 1.32 bits per heavy atom. The molecule has 0 unspecified atom stereocenters. The van der Waals surface area contributed by atoms with Crippen LogP contribution in [-0.2, 0) is 7.05 Å². The van der Waals surface area contributed by atoms with Crippen molar-refractivity contribution in [2.45, 2.75) is 13.8 Å². The molecule has 19 heavy (non-hydrogen) atoms. The summed E-state index contributed by atoms with van der Waals surface area (Å²) in [6, 6.07) is 4.15. The zero-order valence-electron chi connectivity index (χ0n) is 11.6. The van der Waals surface area contributed by atoms with Crippen LogP contribution in [0.25, 0.3) is 11.0 Å². The Labute approximate surface area is 111 Å². The Hall–Kier alpha value is -2.17. The molecular formula is C14H17N4O+. The highest BCUT2D eigenvalue weighted by Gasteiger charge is 2.31. The molecule has 0 spiro atoms. The zero-order valence-corrected chi connectivity index (χ0v) is 11.6. The number of aromatic nitrogens is 2. The van der Waals surface area contributed by atoms with Crippen molar-refractivity contribution in [1.29, 1.82) is 0 Å². The summed E-state index contributed by atoms with van der Waals surface area (Å²) in [5, 5.41) is 3.24. The molecule has 3 rings (SSSR count).